The molecule has 28 heavy (non-hydrogen) atoms. The number of pyridine rings is 1. The number of aryl methyl sites for hydroxylation is 1. The van der Waals surface area contributed by atoms with E-state index >= 15 is 0 Å². The maximum atomic E-state index is 6.02. The molecule has 4 rings (SSSR count). The van der Waals surface area contributed by atoms with Gasteiger partial charge in [0.05, 0.1) is 29.9 Å². The van der Waals surface area contributed by atoms with E-state index in [-0.39, 0.29) is 6.04 Å². The number of aromatic nitrogens is 3. The molecule has 0 saturated heterocycles. The number of nitrogens with one attached hydrogen (secondary N) is 1. The predicted molar refractivity (Wildman–Crippen MR) is 110 cm³/mol. The summed E-state index contributed by atoms with van der Waals surface area (Å²) in [5.41, 5.74) is 11.7. The summed E-state index contributed by atoms with van der Waals surface area (Å²) >= 11 is 0. The molecule has 0 aliphatic heterocycles. The van der Waals surface area contributed by atoms with E-state index in [9.17, 15) is 0 Å². The van der Waals surface area contributed by atoms with Gasteiger partial charge in [-0.2, -0.15) is 5.10 Å². The summed E-state index contributed by atoms with van der Waals surface area (Å²) in [6.45, 7) is 6.12. The van der Waals surface area contributed by atoms with Crippen molar-refractivity contribution in [3.05, 3.63) is 67.4 Å². The van der Waals surface area contributed by atoms with Gasteiger partial charge >= 0.3 is 0 Å². The van der Waals surface area contributed by atoms with Crippen LogP contribution in [0.4, 0.5) is 0 Å². The second-order valence-electron chi connectivity index (χ2n) is 6.76. The van der Waals surface area contributed by atoms with Crippen molar-refractivity contribution >= 4 is 10.9 Å². The zero-order valence-corrected chi connectivity index (χ0v) is 15.7. The van der Waals surface area contributed by atoms with Gasteiger partial charge in [-0.05, 0) is 43.2 Å². The monoisotopic (exact) mass is 374 g/mol. The molecule has 6 nitrogen and oxygen atoms in total. The highest BCUT2D eigenvalue weighted by atomic mass is 16.5. The van der Waals surface area contributed by atoms with Gasteiger partial charge < -0.3 is 14.9 Å². The first-order valence-electron chi connectivity index (χ1n) is 9.12. The van der Waals surface area contributed by atoms with Crippen molar-refractivity contribution in [3.8, 4) is 28.1 Å². The zero-order chi connectivity index (χ0) is 19.5. The van der Waals surface area contributed by atoms with Gasteiger partial charge in [0.1, 0.15) is 12.4 Å². The molecule has 0 bridgehead atoms. The topological polar surface area (TPSA) is 90.0 Å². The highest BCUT2D eigenvalue weighted by Crippen LogP contribution is 2.35. The van der Waals surface area contributed by atoms with Crippen LogP contribution in [-0.2, 0) is 0 Å². The third-order valence-electron chi connectivity index (χ3n) is 4.65. The van der Waals surface area contributed by atoms with Crippen LogP contribution < -0.4 is 10.5 Å². The second kappa shape index (κ2) is 7.70. The summed E-state index contributed by atoms with van der Waals surface area (Å²) < 4.78 is 11.1. The average molecular weight is 374 g/mol. The third-order valence-corrected chi connectivity index (χ3v) is 4.65. The van der Waals surface area contributed by atoms with Crippen molar-refractivity contribution in [1.82, 2.24) is 15.2 Å². The minimum Gasteiger partial charge on any atom is -0.490 e. The molecule has 3 N–H and O–H groups in total. The molecule has 0 aliphatic carbocycles. The lowest BCUT2D eigenvalue weighted by atomic mass is 9.99. The lowest BCUT2D eigenvalue weighted by Gasteiger charge is -2.14. The number of fused-ring (bicyclic) bond motifs is 1. The zero-order valence-electron chi connectivity index (χ0n) is 15.7. The Bertz CT molecular complexity index is 1100. The van der Waals surface area contributed by atoms with E-state index in [1.165, 1.54) is 0 Å². The molecule has 1 aromatic carbocycles. The fourth-order valence-corrected chi connectivity index (χ4v) is 3.16. The highest BCUT2D eigenvalue weighted by Gasteiger charge is 2.14. The number of hydrogen-bond donors (Lipinski definition) is 2. The normalized spacial score (nSPS) is 12.2. The van der Waals surface area contributed by atoms with E-state index in [2.05, 4.69) is 27.8 Å². The van der Waals surface area contributed by atoms with Crippen molar-refractivity contribution in [2.24, 2.45) is 5.73 Å². The Morgan fingerprint density at radius 2 is 2.18 bits per heavy atom. The standard InChI is InChI=1S/C22H22N4O2/c1-3-4-17(23)13-28-18-10-20(22(24-11-18)16-7-8-27-12-16)15-5-6-21-19(9-15)14(2)25-26-21/h3,5-12,17H,1,4,13,23H2,2H3,(H,25,26)/t17-/m0/s1. The van der Waals surface area contributed by atoms with Gasteiger partial charge in [0.25, 0.3) is 0 Å². The molecule has 6 heteroatoms. The van der Waals surface area contributed by atoms with Gasteiger partial charge in [-0.1, -0.05) is 12.1 Å². The number of hydrogen-bond acceptors (Lipinski definition) is 5. The summed E-state index contributed by atoms with van der Waals surface area (Å²) in [7, 11) is 0. The van der Waals surface area contributed by atoms with Crippen LogP contribution in [0.2, 0.25) is 0 Å². The first kappa shape index (κ1) is 18.0. The summed E-state index contributed by atoms with van der Waals surface area (Å²) in [5.74, 6) is 0.672. The van der Waals surface area contributed by atoms with Crippen LogP contribution in [0.15, 0.2) is 66.1 Å². The quantitative estimate of drug-likeness (QED) is 0.466. The van der Waals surface area contributed by atoms with Crippen LogP contribution in [0, 0.1) is 6.92 Å². The number of nitrogens with two attached hydrogens (primary N) is 1. The molecule has 3 heterocycles. The van der Waals surface area contributed by atoms with Crippen LogP contribution in [0.1, 0.15) is 12.1 Å². The SMILES string of the molecule is C=CC[C@H](N)COc1cnc(-c2ccoc2)c(-c2ccc3n[nH]c(C)c3c2)c1. The van der Waals surface area contributed by atoms with Gasteiger partial charge in [-0.3, -0.25) is 10.1 Å². The smallest absolute Gasteiger partial charge is 0.138 e. The molecule has 142 valence electrons. The molecule has 0 spiro atoms. The summed E-state index contributed by atoms with van der Waals surface area (Å²) in [5, 5.41) is 8.41. The van der Waals surface area contributed by atoms with Gasteiger partial charge in [-0.25, -0.2) is 0 Å². The molecule has 0 unspecified atom stereocenters. The van der Waals surface area contributed by atoms with Gasteiger partial charge in [0.2, 0.25) is 0 Å². The molecule has 0 radical (unpaired) electrons. The maximum Gasteiger partial charge on any atom is 0.138 e. The number of furan rings is 1. The van der Waals surface area contributed by atoms with Crippen LogP contribution in [-0.4, -0.2) is 27.8 Å². The van der Waals surface area contributed by atoms with Crippen molar-refractivity contribution in [2.75, 3.05) is 6.61 Å². The summed E-state index contributed by atoms with van der Waals surface area (Å²) in [6.07, 6.45) is 7.54. The molecular formula is C22H22N4O2. The lowest BCUT2D eigenvalue weighted by molar-refractivity contribution is 0.288. The number of benzene rings is 1. The van der Waals surface area contributed by atoms with E-state index in [1.807, 2.05) is 31.2 Å². The maximum absolute atomic E-state index is 6.02. The summed E-state index contributed by atoms with van der Waals surface area (Å²) in [6, 6.07) is 9.94. The minimum absolute atomic E-state index is 0.0977. The largest absolute Gasteiger partial charge is 0.490 e. The fourth-order valence-electron chi connectivity index (χ4n) is 3.16. The molecule has 0 saturated carbocycles. The van der Waals surface area contributed by atoms with Crippen molar-refractivity contribution in [3.63, 3.8) is 0 Å². The Hall–Kier alpha value is -3.38. The molecule has 3 aromatic heterocycles. The van der Waals surface area contributed by atoms with E-state index in [0.29, 0.717) is 18.8 Å². The van der Waals surface area contributed by atoms with E-state index in [0.717, 1.165) is 39.0 Å². The third kappa shape index (κ3) is 3.54. The molecule has 1 atom stereocenters. The second-order valence-corrected chi connectivity index (χ2v) is 6.76. The van der Waals surface area contributed by atoms with E-state index in [4.69, 9.17) is 14.9 Å². The van der Waals surface area contributed by atoms with Crippen LogP contribution >= 0.6 is 0 Å². The Morgan fingerprint density at radius 3 is 2.96 bits per heavy atom. The molecule has 0 aliphatic rings. The predicted octanol–water partition coefficient (Wildman–Crippen LogP) is 4.48. The van der Waals surface area contributed by atoms with Crippen molar-refractivity contribution in [2.45, 2.75) is 19.4 Å². The Labute approximate surface area is 163 Å². The number of H-pyrrole nitrogens is 1. The average Bonchev–Trinajstić information content (AvgIpc) is 3.37. The Kier molecular flexibility index (Phi) is 4.95. The number of nitrogens with zero attached hydrogens (tertiary/aromatic N) is 2. The van der Waals surface area contributed by atoms with Gasteiger partial charge in [0.15, 0.2) is 0 Å². The molecule has 4 aromatic rings. The van der Waals surface area contributed by atoms with Crippen LogP contribution in [0.5, 0.6) is 5.75 Å². The van der Waals surface area contributed by atoms with E-state index in [1.54, 1.807) is 24.8 Å². The summed E-state index contributed by atoms with van der Waals surface area (Å²) in [4.78, 5) is 4.64. The first-order valence-corrected chi connectivity index (χ1v) is 9.12. The minimum atomic E-state index is -0.0977. The first-order chi connectivity index (χ1) is 13.7. The lowest BCUT2D eigenvalue weighted by Crippen LogP contribution is -2.27. The number of rotatable bonds is 7. The van der Waals surface area contributed by atoms with Crippen LogP contribution in [0.3, 0.4) is 0 Å². The highest BCUT2D eigenvalue weighted by molar-refractivity contribution is 5.90. The molecule has 0 amide bonds. The van der Waals surface area contributed by atoms with Gasteiger partial charge in [0, 0.05) is 28.2 Å². The Morgan fingerprint density at radius 1 is 1.29 bits per heavy atom. The van der Waals surface area contributed by atoms with E-state index < -0.39 is 0 Å². The molecule has 0 fully saturated rings. The Balaban J connectivity index is 1.76. The van der Waals surface area contributed by atoms with Crippen LogP contribution in [0.25, 0.3) is 33.3 Å². The number of aromatic amines is 1. The van der Waals surface area contributed by atoms with Gasteiger partial charge in [-0.15, -0.1) is 6.58 Å². The fraction of sp³-hybridized carbons (Fsp3) is 0.182. The van der Waals surface area contributed by atoms with Crippen molar-refractivity contribution < 1.29 is 9.15 Å². The molecular weight excluding hydrogens is 352 g/mol. The van der Waals surface area contributed by atoms with Crippen molar-refractivity contribution in [1.29, 1.82) is 0 Å². The number of ether oxygens (including phenoxy) is 1.